The Balaban J connectivity index is 1.72. The third-order valence-corrected chi connectivity index (χ3v) is 4.44. The van der Waals surface area contributed by atoms with Gasteiger partial charge in [-0.05, 0) is 73.1 Å². The SMILES string of the molecule is COc1cc(C)cc(CN=C(N)Nc2cccc3c2CCCC3)c1. The van der Waals surface area contributed by atoms with E-state index >= 15 is 0 Å². The molecule has 0 aliphatic heterocycles. The molecular formula is C20H25N3O. The number of nitrogens with one attached hydrogen (secondary N) is 1. The fourth-order valence-corrected chi connectivity index (χ4v) is 3.29. The molecule has 0 spiro atoms. The molecular weight excluding hydrogens is 298 g/mol. The molecule has 2 aromatic rings. The van der Waals surface area contributed by atoms with Crippen molar-refractivity contribution in [1.82, 2.24) is 0 Å². The average molecular weight is 323 g/mol. The van der Waals surface area contributed by atoms with Gasteiger partial charge in [-0.3, -0.25) is 0 Å². The highest BCUT2D eigenvalue weighted by Gasteiger charge is 2.13. The van der Waals surface area contributed by atoms with Crippen molar-refractivity contribution in [3.8, 4) is 5.75 Å². The molecule has 3 rings (SSSR count). The van der Waals surface area contributed by atoms with Crippen LogP contribution < -0.4 is 15.8 Å². The molecule has 0 aromatic heterocycles. The van der Waals surface area contributed by atoms with Crippen LogP contribution in [0.3, 0.4) is 0 Å². The van der Waals surface area contributed by atoms with Crippen LogP contribution in [0.25, 0.3) is 0 Å². The zero-order chi connectivity index (χ0) is 16.9. The Morgan fingerprint density at radius 1 is 1.21 bits per heavy atom. The molecule has 1 aliphatic rings. The molecule has 4 heteroatoms. The molecule has 2 aromatic carbocycles. The van der Waals surface area contributed by atoms with Gasteiger partial charge in [-0.15, -0.1) is 0 Å². The Morgan fingerprint density at radius 3 is 2.88 bits per heavy atom. The van der Waals surface area contributed by atoms with Crippen LogP contribution in [0, 0.1) is 6.92 Å². The van der Waals surface area contributed by atoms with E-state index in [1.807, 2.05) is 19.1 Å². The van der Waals surface area contributed by atoms with Crippen molar-refractivity contribution in [2.24, 2.45) is 10.7 Å². The van der Waals surface area contributed by atoms with Crippen LogP contribution in [0.4, 0.5) is 5.69 Å². The van der Waals surface area contributed by atoms with E-state index in [4.69, 9.17) is 10.5 Å². The lowest BCUT2D eigenvalue weighted by molar-refractivity contribution is 0.414. The number of fused-ring (bicyclic) bond motifs is 1. The van der Waals surface area contributed by atoms with E-state index in [0.29, 0.717) is 12.5 Å². The lowest BCUT2D eigenvalue weighted by Crippen LogP contribution is -2.24. The first kappa shape index (κ1) is 16.4. The molecule has 126 valence electrons. The molecule has 0 radical (unpaired) electrons. The second-order valence-electron chi connectivity index (χ2n) is 6.34. The number of nitrogens with two attached hydrogens (primary N) is 1. The molecule has 0 atom stereocenters. The van der Waals surface area contributed by atoms with E-state index in [0.717, 1.165) is 35.4 Å². The second-order valence-corrected chi connectivity index (χ2v) is 6.34. The fraction of sp³-hybridized carbons (Fsp3) is 0.350. The zero-order valence-electron chi connectivity index (χ0n) is 14.4. The first-order valence-corrected chi connectivity index (χ1v) is 8.48. The molecule has 0 fully saturated rings. The van der Waals surface area contributed by atoms with Crippen molar-refractivity contribution in [1.29, 1.82) is 0 Å². The molecule has 0 saturated heterocycles. The van der Waals surface area contributed by atoms with Crippen molar-refractivity contribution in [3.05, 3.63) is 58.7 Å². The number of nitrogens with zero attached hydrogens (tertiary/aromatic N) is 1. The fourth-order valence-electron chi connectivity index (χ4n) is 3.29. The molecule has 0 saturated carbocycles. The zero-order valence-corrected chi connectivity index (χ0v) is 14.4. The van der Waals surface area contributed by atoms with Crippen molar-refractivity contribution in [2.75, 3.05) is 12.4 Å². The summed E-state index contributed by atoms with van der Waals surface area (Å²) in [4.78, 5) is 4.48. The maximum absolute atomic E-state index is 6.10. The number of methoxy groups -OCH3 is 1. The van der Waals surface area contributed by atoms with Gasteiger partial charge in [0.05, 0.1) is 13.7 Å². The minimum Gasteiger partial charge on any atom is -0.497 e. The number of guanidine groups is 1. The van der Waals surface area contributed by atoms with Gasteiger partial charge in [0.15, 0.2) is 5.96 Å². The molecule has 0 heterocycles. The number of hydrogen-bond acceptors (Lipinski definition) is 2. The van der Waals surface area contributed by atoms with Crippen LogP contribution in [0.2, 0.25) is 0 Å². The van der Waals surface area contributed by atoms with E-state index in [2.05, 4.69) is 34.6 Å². The lowest BCUT2D eigenvalue weighted by atomic mass is 9.90. The molecule has 1 aliphatic carbocycles. The van der Waals surface area contributed by atoms with Crippen molar-refractivity contribution >= 4 is 11.6 Å². The number of ether oxygens (including phenoxy) is 1. The predicted molar refractivity (Wildman–Crippen MR) is 99.8 cm³/mol. The Kier molecular flexibility index (Phi) is 5.04. The van der Waals surface area contributed by atoms with Gasteiger partial charge in [0, 0.05) is 5.69 Å². The number of aryl methyl sites for hydroxylation is 2. The summed E-state index contributed by atoms with van der Waals surface area (Å²) in [5.74, 6) is 1.30. The van der Waals surface area contributed by atoms with Crippen LogP contribution >= 0.6 is 0 Å². The first-order chi connectivity index (χ1) is 11.7. The minimum atomic E-state index is 0.453. The predicted octanol–water partition coefficient (Wildman–Crippen LogP) is 3.81. The smallest absolute Gasteiger partial charge is 0.193 e. The summed E-state index contributed by atoms with van der Waals surface area (Å²) in [5.41, 5.74) is 12.3. The Bertz CT molecular complexity index is 753. The molecule has 0 unspecified atom stereocenters. The second kappa shape index (κ2) is 7.39. The van der Waals surface area contributed by atoms with Crippen LogP contribution in [-0.4, -0.2) is 13.1 Å². The topological polar surface area (TPSA) is 59.6 Å². The van der Waals surface area contributed by atoms with Gasteiger partial charge in [-0.1, -0.05) is 18.2 Å². The highest BCUT2D eigenvalue weighted by Crippen LogP contribution is 2.27. The van der Waals surface area contributed by atoms with Crippen molar-refractivity contribution in [3.63, 3.8) is 0 Å². The normalized spacial score (nSPS) is 14.2. The van der Waals surface area contributed by atoms with E-state index in [1.165, 1.54) is 24.0 Å². The summed E-state index contributed by atoms with van der Waals surface area (Å²) in [6, 6.07) is 12.5. The van der Waals surface area contributed by atoms with Crippen LogP contribution in [0.1, 0.15) is 35.1 Å². The summed E-state index contributed by atoms with van der Waals surface area (Å²) in [6.45, 7) is 2.58. The number of benzene rings is 2. The largest absolute Gasteiger partial charge is 0.497 e. The third-order valence-electron chi connectivity index (χ3n) is 4.44. The maximum Gasteiger partial charge on any atom is 0.193 e. The Labute approximate surface area is 143 Å². The molecule has 0 amide bonds. The summed E-state index contributed by atoms with van der Waals surface area (Å²) in [6.07, 6.45) is 4.78. The average Bonchev–Trinajstić information content (AvgIpc) is 2.60. The Hall–Kier alpha value is -2.49. The van der Waals surface area contributed by atoms with Gasteiger partial charge in [0.25, 0.3) is 0 Å². The summed E-state index contributed by atoms with van der Waals surface area (Å²) in [5, 5.41) is 3.28. The molecule has 24 heavy (non-hydrogen) atoms. The van der Waals surface area contributed by atoms with Gasteiger partial charge >= 0.3 is 0 Å². The van der Waals surface area contributed by atoms with Gasteiger partial charge in [-0.2, -0.15) is 0 Å². The first-order valence-electron chi connectivity index (χ1n) is 8.48. The standard InChI is InChI=1S/C20H25N3O/c1-14-10-15(12-17(11-14)24-2)13-22-20(21)23-19-9-5-7-16-6-3-4-8-18(16)19/h5,7,9-12H,3-4,6,8,13H2,1-2H3,(H3,21,22,23). The number of rotatable bonds is 4. The summed E-state index contributed by atoms with van der Waals surface area (Å²) < 4.78 is 5.31. The number of aliphatic imine (C=N–C) groups is 1. The van der Waals surface area contributed by atoms with Crippen molar-refractivity contribution < 1.29 is 4.74 Å². The van der Waals surface area contributed by atoms with Gasteiger partial charge in [0.1, 0.15) is 5.75 Å². The van der Waals surface area contributed by atoms with Gasteiger partial charge in [0.2, 0.25) is 0 Å². The van der Waals surface area contributed by atoms with Crippen LogP contribution in [0.15, 0.2) is 41.4 Å². The highest BCUT2D eigenvalue weighted by molar-refractivity contribution is 5.93. The van der Waals surface area contributed by atoms with Gasteiger partial charge < -0.3 is 15.8 Å². The van der Waals surface area contributed by atoms with Gasteiger partial charge in [-0.25, -0.2) is 4.99 Å². The quantitative estimate of drug-likeness (QED) is 0.664. The minimum absolute atomic E-state index is 0.453. The lowest BCUT2D eigenvalue weighted by Gasteiger charge is -2.19. The molecule has 0 bridgehead atoms. The number of hydrogen-bond donors (Lipinski definition) is 2. The molecule has 4 nitrogen and oxygen atoms in total. The number of anilines is 1. The van der Waals surface area contributed by atoms with E-state index in [9.17, 15) is 0 Å². The monoisotopic (exact) mass is 323 g/mol. The maximum atomic E-state index is 6.10. The summed E-state index contributed by atoms with van der Waals surface area (Å²) >= 11 is 0. The van der Waals surface area contributed by atoms with E-state index < -0.39 is 0 Å². The van der Waals surface area contributed by atoms with E-state index in [1.54, 1.807) is 7.11 Å². The van der Waals surface area contributed by atoms with Crippen LogP contribution in [0.5, 0.6) is 5.75 Å². The summed E-state index contributed by atoms with van der Waals surface area (Å²) in [7, 11) is 1.68. The van der Waals surface area contributed by atoms with Crippen LogP contribution in [-0.2, 0) is 19.4 Å². The van der Waals surface area contributed by atoms with Crippen molar-refractivity contribution in [2.45, 2.75) is 39.2 Å². The third kappa shape index (κ3) is 3.88. The Morgan fingerprint density at radius 2 is 2.04 bits per heavy atom. The highest BCUT2D eigenvalue weighted by atomic mass is 16.5. The van der Waals surface area contributed by atoms with E-state index in [-0.39, 0.29) is 0 Å². The molecule has 3 N–H and O–H groups in total.